The Kier molecular flexibility index (Phi) is 7.71. The third-order valence-electron chi connectivity index (χ3n) is 7.37. The van der Waals surface area contributed by atoms with E-state index in [0.29, 0.717) is 24.3 Å². The van der Waals surface area contributed by atoms with E-state index < -0.39 is 5.56 Å². The van der Waals surface area contributed by atoms with E-state index in [-0.39, 0.29) is 11.7 Å². The van der Waals surface area contributed by atoms with Gasteiger partial charge in [-0.15, -0.1) is 0 Å². The van der Waals surface area contributed by atoms with Gasteiger partial charge < -0.3 is 19.7 Å². The van der Waals surface area contributed by atoms with Crippen LogP contribution in [-0.4, -0.2) is 70.8 Å². The van der Waals surface area contributed by atoms with Gasteiger partial charge in [0.2, 0.25) is 5.75 Å². The number of benzene rings is 2. The summed E-state index contributed by atoms with van der Waals surface area (Å²) in [5, 5.41) is 10.2. The lowest BCUT2D eigenvalue weighted by molar-refractivity contribution is -0.0333. The Hall–Kier alpha value is -3.44. The maximum absolute atomic E-state index is 11.9. The molecule has 7 nitrogen and oxygen atoms in total. The number of aromatic hydroxyl groups is 1. The van der Waals surface area contributed by atoms with Crippen LogP contribution in [0.5, 0.6) is 5.75 Å². The van der Waals surface area contributed by atoms with Crippen LogP contribution in [0.3, 0.4) is 0 Å². The molecule has 2 aliphatic rings. The van der Waals surface area contributed by atoms with E-state index in [9.17, 15) is 9.90 Å². The lowest BCUT2D eigenvalue weighted by Gasteiger charge is -2.38. The molecule has 0 spiro atoms. The molecule has 37 heavy (non-hydrogen) atoms. The van der Waals surface area contributed by atoms with Crippen LogP contribution < -0.4 is 5.56 Å². The van der Waals surface area contributed by atoms with Crippen LogP contribution in [0.15, 0.2) is 59.7 Å². The van der Waals surface area contributed by atoms with Gasteiger partial charge >= 0.3 is 0 Å². The number of methoxy groups -OCH3 is 1. The van der Waals surface area contributed by atoms with Crippen molar-refractivity contribution >= 4 is 0 Å². The van der Waals surface area contributed by atoms with E-state index >= 15 is 0 Å². The zero-order valence-corrected chi connectivity index (χ0v) is 21.5. The molecule has 0 amide bonds. The average molecular weight is 499 g/mol. The fraction of sp³-hybridized carbons (Fsp3) is 0.400. The van der Waals surface area contributed by atoms with Crippen LogP contribution in [0.1, 0.15) is 46.7 Å². The Morgan fingerprint density at radius 1 is 1.11 bits per heavy atom. The summed E-state index contributed by atoms with van der Waals surface area (Å²) in [5.74, 6) is 6.35. The van der Waals surface area contributed by atoms with Gasteiger partial charge in [0.15, 0.2) is 0 Å². The number of hydrogen-bond donors (Lipinski definition) is 2. The summed E-state index contributed by atoms with van der Waals surface area (Å²) in [7, 11) is 3.91. The number of likely N-dealkylation sites (N-methyl/N-ethyl adjacent to an activating group) is 1. The Bertz CT molecular complexity index is 1310. The quantitative estimate of drug-likeness (QED) is 0.441. The summed E-state index contributed by atoms with van der Waals surface area (Å²) in [6, 6.07) is 17.4. The second-order valence-corrected chi connectivity index (χ2v) is 10.2. The minimum atomic E-state index is -0.502. The number of ether oxygens (including phenoxy) is 1. The summed E-state index contributed by atoms with van der Waals surface area (Å²) >= 11 is 0. The minimum Gasteiger partial charge on any atom is -0.502 e. The largest absolute Gasteiger partial charge is 0.502 e. The molecule has 0 radical (unpaired) electrons. The number of aromatic amines is 1. The van der Waals surface area contributed by atoms with Crippen LogP contribution in [0.2, 0.25) is 0 Å². The fourth-order valence-electron chi connectivity index (χ4n) is 4.85. The molecule has 1 atom stereocenters. The number of hydrogen-bond acceptors (Lipinski definition) is 6. The summed E-state index contributed by atoms with van der Waals surface area (Å²) in [6.07, 6.45) is 4.66. The molecular formula is C30H34N4O3. The van der Waals surface area contributed by atoms with Gasteiger partial charge in [0.1, 0.15) is 0 Å². The van der Waals surface area contributed by atoms with Crippen LogP contribution in [0.4, 0.5) is 0 Å². The van der Waals surface area contributed by atoms with Gasteiger partial charge in [-0.1, -0.05) is 36.1 Å². The van der Waals surface area contributed by atoms with E-state index in [0.717, 1.165) is 42.9 Å². The van der Waals surface area contributed by atoms with Gasteiger partial charge in [0.25, 0.3) is 5.56 Å². The Balaban J connectivity index is 1.25. The number of nitrogens with zero attached hydrogens (tertiary/aromatic N) is 3. The molecule has 1 aliphatic carbocycles. The predicted molar refractivity (Wildman–Crippen MR) is 144 cm³/mol. The van der Waals surface area contributed by atoms with Gasteiger partial charge in [-0.05, 0) is 55.3 Å². The van der Waals surface area contributed by atoms with Crippen molar-refractivity contribution in [1.82, 2.24) is 19.8 Å². The molecule has 1 saturated heterocycles. The van der Waals surface area contributed by atoms with Crippen molar-refractivity contribution in [2.75, 3.05) is 33.8 Å². The van der Waals surface area contributed by atoms with E-state index in [4.69, 9.17) is 4.74 Å². The van der Waals surface area contributed by atoms with Crippen LogP contribution in [0.25, 0.3) is 0 Å². The Labute approximate surface area is 218 Å². The van der Waals surface area contributed by atoms with Crippen molar-refractivity contribution in [1.29, 1.82) is 0 Å². The molecule has 0 bridgehead atoms. The van der Waals surface area contributed by atoms with Crippen LogP contribution in [-0.2, 0) is 17.7 Å². The predicted octanol–water partition coefficient (Wildman–Crippen LogP) is 3.13. The molecule has 1 aromatic heterocycles. The normalized spacial score (nSPS) is 16.7. The van der Waals surface area contributed by atoms with Crippen LogP contribution in [0, 0.1) is 11.8 Å². The number of likely N-dealkylation sites (tertiary alicyclic amines) is 1. The third-order valence-corrected chi connectivity index (χ3v) is 7.37. The lowest BCUT2D eigenvalue weighted by atomic mass is 9.92. The summed E-state index contributed by atoms with van der Waals surface area (Å²) in [4.78, 5) is 23.3. The smallest absolute Gasteiger partial charge is 0.293 e. The minimum absolute atomic E-state index is 0.103. The highest BCUT2D eigenvalue weighted by atomic mass is 16.5. The van der Waals surface area contributed by atoms with Crippen LogP contribution >= 0.6 is 0 Å². The maximum Gasteiger partial charge on any atom is 0.293 e. The van der Waals surface area contributed by atoms with E-state index in [1.807, 2.05) is 12.1 Å². The second kappa shape index (κ2) is 11.3. The number of nitrogens with one attached hydrogen (secondary N) is 1. The monoisotopic (exact) mass is 498 g/mol. The first kappa shape index (κ1) is 25.2. The summed E-state index contributed by atoms with van der Waals surface area (Å²) in [6.45, 7) is 3.76. The highest BCUT2D eigenvalue weighted by Crippen LogP contribution is 2.30. The van der Waals surface area contributed by atoms with Gasteiger partial charge in [-0.2, -0.15) is 0 Å². The molecule has 192 valence electrons. The zero-order valence-electron chi connectivity index (χ0n) is 21.5. The van der Waals surface area contributed by atoms with Gasteiger partial charge in [0, 0.05) is 62.8 Å². The first-order chi connectivity index (χ1) is 18.0. The fourth-order valence-corrected chi connectivity index (χ4v) is 4.85. The van der Waals surface area contributed by atoms with E-state index in [1.54, 1.807) is 7.11 Å². The van der Waals surface area contributed by atoms with Gasteiger partial charge in [0.05, 0.1) is 18.1 Å². The van der Waals surface area contributed by atoms with Crippen molar-refractivity contribution in [2.24, 2.45) is 0 Å². The average Bonchev–Trinajstić information content (AvgIpc) is 3.74. The standard InChI is InChI=1S/C30H34N4O3/c1-33(26-13-14-26)17-25(15-28-29(35)30(36)32-20-31-28)24-11-9-22(10-12-24)4-3-21-5-7-23(8-6-21)16-34-18-27(19-34)37-2/h5-12,20,25-27,35H,13-19H2,1-2H3,(H,31,32,36). The lowest BCUT2D eigenvalue weighted by Crippen LogP contribution is -2.50. The van der Waals surface area contributed by atoms with Gasteiger partial charge in [-0.25, -0.2) is 4.98 Å². The topological polar surface area (TPSA) is 81.7 Å². The first-order valence-corrected chi connectivity index (χ1v) is 12.9. The second-order valence-electron chi connectivity index (χ2n) is 10.2. The number of rotatable bonds is 9. The molecule has 2 fully saturated rings. The molecule has 2 heterocycles. The molecule has 7 heteroatoms. The van der Waals surface area contributed by atoms with Crippen molar-refractivity contribution in [2.45, 2.75) is 43.9 Å². The third kappa shape index (κ3) is 6.47. The van der Waals surface area contributed by atoms with Crippen molar-refractivity contribution in [3.05, 3.63) is 93.2 Å². The molecule has 1 unspecified atom stereocenters. The highest BCUT2D eigenvalue weighted by molar-refractivity contribution is 5.44. The SMILES string of the molecule is COC1CN(Cc2ccc(C#Cc3ccc(C(Cc4nc[nH]c(=O)c4O)CN(C)C4CC4)cc3)cc2)C1. The van der Waals surface area contributed by atoms with Gasteiger partial charge in [-0.3, -0.25) is 9.69 Å². The molecule has 2 aromatic carbocycles. The Morgan fingerprint density at radius 2 is 1.76 bits per heavy atom. The van der Waals surface area contributed by atoms with Crippen molar-refractivity contribution in [3.8, 4) is 17.6 Å². The summed E-state index contributed by atoms with van der Waals surface area (Å²) in [5.41, 5.74) is 4.30. The molecule has 1 saturated carbocycles. The highest BCUT2D eigenvalue weighted by Gasteiger charge is 2.29. The zero-order chi connectivity index (χ0) is 25.8. The molecule has 3 aromatic rings. The molecule has 5 rings (SSSR count). The van der Waals surface area contributed by atoms with E-state index in [2.05, 4.69) is 75.1 Å². The van der Waals surface area contributed by atoms with Crippen molar-refractivity contribution < 1.29 is 9.84 Å². The molecule has 1 aliphatic heterocycles. The maximum atomic E-state index is 11.9. The number of H-pyrrole nitrogens is 1. The van der Waals surface area contributed by atoms with E-state index in [1.165, 1.54) is 24.7 Å². The van der Waals surface area contributed by atoms with Crippen molar-refractivity contribution in [3.63, 3.8) is 0 Å². The number of aromatic nitrogens is 2. The Morgan fingerprint density at radius 3 is 2.38 bits per heavy atom. The molecular weight excluding hydrogens is 464 g/mol. The summed E-state index contributed by atoms with van der Waals surface area (Å²) < 4.78 is 5.34. The first-order valence-electron chi connectivity index (χ1n) is 12.9. The molecule has 2 N–H and O–H groups in total.